The van der Waals surface area contributed by atoms with Crippen LogP contribution in [0.15, 0.2) is 18.2 Å². The van der Waals surface area contributed by atoms with Crippen LogP contribution in [-0.4, -0.2) is 12.6 Å². The van der Waals surface area contributed by atoms with Gasteiger partial charge in [-0.15, -0.1) is 0 Å². The van der Waals surface area contributed by atoms with Crippen LogP contribution in [0.25, 0.3) is 0 Å². The zero-order chi connectivity index (χ0) is 10.8. The van der Waals surface area contributed by atoms with E-state index in [1.165, 1.54) is 6.42 Å². The topological polar surface area (TPSA) is 12.0 Å². The maximum atomic E-state index is 13.4. The molecule has 1 N–H and O–H groups in total. The van der Waals surface area contributed by atoms with Crippen molar-refractivity contribution in [2.24, 2.45) is 0 Å². The molecule has 0 amide bonds. The van der Waals surface area contributed by atoms with Crippen molar-refractivity contribution in [3.05, 3.63) is 35.1 Å². The molecular weight excluding hydrogens is 189 g/mol. The Bertz CT molecular complexity index is 340. The average Bonchev–Trinajstić information content (AvgIpc) is 2.23. The van der Waals surface area contributed by atoms with E-state index >= 15 is 0 Å². The Morgan fingerprint density at radius 2 is 2.13 bits per heavy atom. The van der Waals surface area contributed by atoms with Crippen LogP contribution in [0.3, 0.4) is 0 Å². The monoisotopic (exact) mass is 207 g/mol. The number of piperidine rings is 1. The molecule has 1 aromatic rings. The van der Waals surface area contributed by atoms with Gasteiger partial charge in [0, 0.05) is 12.6 Å². The van der Waals surface area contributed by atoms with E-state index < -0.39 is 0 Å². The summed E-state index contributed by atoms with van der Waals surface area (Å²) in [5.74, 6) is 0.405. The lowest BCUT2D eigenvalue weighted by Crippen LogP contribution is -2.35. The van der Waals surface area contributed by atoms with Crippen molar-refractivity contribution in [1.29, 1.82) is 0 Å². The van der Waals surface area contributed by atoms with Gasteiger partial charge < -0.3 is 5.32 Å². The minimum absolute atomic E-state index is 0.0777. The lowest BCUT2D eigenvalue weighted by molar-refractivity contribution is 0.384. The molecule has 1 aromatic carbocycles. The van der Waals surface area contributed by atoms with Gasteiger partial charge in [-0.25, -0.2) is 4.39 Å². The van der Waals surface area contributed by atoms with E-state index in [2.05, 4.69) is 18.3 Å². The predicted octanol–water partition coefficient (Wildman–Crippen LogP) is 2.99. The van der Waals surface area contributed by atoms with E-state index in [1.54, 1.807) is 13.0 Å². The maximum Gasteiger partial charge on any atom is 0.126 e. The Morgan fingerprint density at radius 1 is 1.33 bits per heavy atom. The van der Waals surface area contributed by atoms with Crippen LogP contribution in [0.2, 0.25) is 0 Å². The molecule has 15 heavy (non-hydrogen) atoms. The molecule has 1 nitrogen and oxygen atoms in total. The Kier molecular flexibility index (Phi) is 3.06. The molecule has 0 radical (unpaired) electrons. The summed E-state index contributed by atoms with van der Waals surface area (Å²) in [7, 11) is 0. The molecule has 1 aliphatic rings. The molecule has 2 rings (SSSR count). The molecule has 0 bridgehead atoms. The van der Waals surface area contributed by atoms with Crippen LogP contribution in [0.5, 0.6) is 0 Å². The van der Waals surface area contributed by atoms with Gasteiger partial charge in [0.1, 0.15) is 5.82 Å². The molecule has 1 aliphatic heterocycles. The standard InChI is InChI=1S/C13H18FN/c1-9-3-5-11(7-13(9)14)12-6-4-10(2)15-8-12/h3,5,7,10,12,15H,4,6,8H2,1-2H3. The van der Waals surface area contributed by atoms with Crippen molar-refractivity contribution in [3.63, 3.8) is 0 Å². The zero-order valence-electron chi connectivity index (χ0n) is 9.39. The fourth-order valence-corrected chi connectivity index (χ4v) is 2.15. The van der Waals surface area contributed by atoms with Crippen molar-refractivity contribution in [3.8, 4) is 0 Å². The summed E-state index contributed by atoms with van der Waals surface area (Å²) >= 11 is 0. The lowest BCUT2D eigenvalue weighted by Gasteiger charge is -2.28. The van der Waals surface area contributed by atoms with Crippen LogP contribution >= 0.6 is 0 Å². The average molecular weight is 207 g/mol. The van der Waals surface area contributed by atoms with Crippen molar-refractivity contribution in [2.45, 2.75) is 38.6 Å². The van der Waals surface area contributed by atoms with E-state index in [1.807, 2.05) is 6.07 Å². The van der Waals surface area contributed by atoms with Crippen LogP contribution in [0.1, 0.15) is 36.8 Å². The Labute approximate surface area is 90.7 Å². The molecule has 0 spiro atoms. The SMILES string of the molecule is Cc1ccc(C2CCC(C)NC2)cc1F. The number of hydrogen-bond donors (Lipinski definition) is 1. The van der Waals surface area contributed by atoms with E-state index in [4.69, 9.17) is 0 Å². The van der Waals surface area contributed by atoms with Gasteiger partial charge in [0.05, 0.1) is 0 Å². The number of nitrogens with one attached hydrogen (secondary N) is 1. The number of halogens is 1. The molecule has 1 heterocycles. The third-order valence-electron chi connectivity index (χ3n) is 3.33. The highest BCUT2D eigenvalue weighted by atomic mass is 19.1. The molecule has 82 valence electrons. The Morgan fingerprint density at radius 3 is 2.73 bits per heavy atom. The summed E-state index contributed by atoms with van der Waals surface area (Å²) in [4.78, 5) is 0. The van der Waals surface area contributed by atoms with Gasteiger partial charge in [-0.3, -0.25) is 0 Å². The summed E-state index contributed by atoms with van der Waals surface area (Å²) < 4.78 is 13.4. The fraction of sp³-hybridized carbons (Fsp3) is 0.538. The first kappa shape index (κ1) is 10.6. The highest BCUT2D eigenvalue weighted by molar-refractivity contribution is 5.26. The number of hydrogen-bond acceptors (Lipinski definition) is 1. The molecule has 1 saturated heterocycles. The summed E-state index contributed by atoms with van der Waals surface area (Å²) in [6, 6.07) is 6.23. The normalized spacial score (nSPS) is 26.6. The molecular formula is C13H18FN. The molecule has 1 fully saturated rings. The maximum absolute atomic E-state index is 13.4. The lowest BCUT2D eigenvalue weighted by atomic mass is 9.89. The summed E-state index contributed by atoms with van der Waals surface area (Å²) in [5.41, 5.74) is 1.87. The van der Waals surface area contributed by atoms with Crippen molar-refractivity contribution >= 4 is 0 Å². The second-order valence-corrected chi connectivity index (χ2v) is 4.59. The van der Waals surface area contributed by atoms with Gasteiger partial charge in [0.25, 0.3) is 0 Å². The molecule has 0 aliphatic carbocycles. The molecule has 0 aromatic heterocycles. The van der Waals surface area contributed by atoms with Crippen LogP contribution in [0.4, 0.5) is 4.39 Å². The second-order valence-electron chi connectivity index (χ2n) is 4.59. The first-order valence-electron chi connectivity index (χ1n) is 5.66. The van der Waals surface area contributed by atoms with Crippen molar-refractivity contribution in [1.82, 2.24) is 5.32 Å². The van der Waals surface area contributed by atoms with Crippen molar-refractivity contribution in [2.75, 3.05) is 6.54 Å². The van der Waals surface area contributed by atoms with E-state index in [-0.39, 0.29) is 5.82 Å². The number of rotatable bonds is 1. The van der Waals surface area contributed by atoms with Gasteiger partial charge in [0.15, 0.2) is 0 Å². The van der Waals surface area contributed by atoms with E-state index in [9.17, 15) is 4.39 Å². The zero-order valence-corrected chi connectivity index (χ0v) is 9.39. The molecule has 2 heteroatoms. The van der Waals surface area contributed by atoms with Crippen LogP contribution < -0.4 is 5.32 Å². The Hall–Kier alpha value is -0.890. The van der Waals surface area contributed by atoms with E-state index in [0.29, 0.717) is 12.0 Å². The van der Waals surface area contributed by atoms with Gasteiger partial charge in [-0.05, 0) is 49.8 Å². The Balaban J connectivity index is 2.12. The highest BCUT2D eigenvalue weighted by Crippen LogP contribution is 2.26. The quantitative estimate of drug-likeness (QED) is 0.746. The molecule has 0 saturated carbocycles. The number of aryl methyl sites for hydroxylation is 1. The summed E-state index contributed by atoms with van der Waals surface area (Å²) in [6.07, 6.45) is 2.34. The minimum atomic E-state index is -0.0777. The minimum Gasteiger partial charge on any atom is -0.314 e. The largest absolute Gasteiger partial charge is 0.314 e. The van der Waals surface area contributed by atoms with Gasteiger partial charge >= 0.3 is 0 Å². The second kappa shape index (κ2) is 4.31. The van der Waals surface area contributed by atoms with Crippen LogP contribution in [-0.2, 0) is 0 Å². The predicted molar refractivity (Wildman–Crippen MR) is 60.6 cm³/mol. The van der Waals surface area contributed by atoms with Gasteiger partial charge in [-0.1, -0.05) is 12.1 Å². The van der Waals surface area contributed by atoms with Crippen LogP contribution in [0, 0.1) is 12.7 Å². The first-order valence-corrected chi connectivity index (χ1v) is 5.66. The fourth-order valence-electron chi connectivity index (χ4n) is 2.15. The van der Waals surface area contributed by atoms with Crippen molar-refractivity contribution < 1.29 is 4.39 Å². The third kappa shape index (κ3) is 2.37. The summed E-state index contributed by atoms with van der Waals surface area (Å²) in [5, 5.41) is 3.44. The summed E-state index contributed by atoms with van der Waals surface area (Å²) in [6.45, 7) is 4.98. The van der Waals surface area contributed by atoms with Gasteiger partial charge in [0.2, 0.25) is 0 Å². The van der Waals surface area contributed by atoms with E-state index in [0.717, 1.165) is 24.1 Å². The highest BCUT2D eigenvalue weighted by Gasteiger charge is 2.19. The third-order valence-corrected chi connectivity index (χ3v) is 3.33. The smallest absolute Gasteiger partial charge is 0.126 e. The van der Waals surface area contributed by atoms with Gasteiger partial charge in [-0.2, -0.15) is 0 Å². The number of benzene rings is 1. The first-order chi connectivity index (χ1) is 7.16. The molecule has 2 atom stereocenters. The molecule has 2 unspecified atom stereocenters.